The molecule has 0 spiro atoms. The molecule has 4 rings (SSSR count). The summed E-state index contributed by atoms with van der Waals surface area (Å²) in [4.78, 5) is 42.6. The third-order valence-corrected chi connectivity index (χ3v) is 5.24. The van der Waals surface area contributed by atoms with Crippen molar-refractivity contribution in [3.05, 3.63) is 35.5 Å². The number of carbonyl (C=O) groups is 3. The largest absolute Gasteiger partial charge is 0.480 e. The number of imide groups is 1. The Bertz CT molecular complexity index is 902. The van der Waals surface area contributed by atoms with Crippen LogP contribution in [-0.4, -0.2) is 50.4 Å². The van der Waals surface area contributed by atoms with Gasteiger partial charge in [0.05, 0.1) is 5.69 Å². The second-order valence-electron chi connectivity index (χ2n) is 6.47. The zero-order chi connectivity index (χ0) is 17.2. The smallest absolute Gasteiger partial charge is 0.328 e. The van der Waals surface area contributed by atoms with Crippen LogP contribution in [0.2, 0.25) is 0 Å². The summed E-state index contributed by atoms with van der Waals surface area (Å²) >= 11 is 0. The molecule has 0 unspecified atom stereocenters. The van der Waals surface area contributed by atoms with Crippen molar-refractivity contribution in [2.24, 2.45) is 0 Å². The lowest BCUT2D eigenvalue weighted by atomic mass is 9.87. The number of nitrogens with one attached hydrogen (secondary N) is 1. The Hall–Kier alpha value is -2.83. The highest BCUT2D eigenvalue weighted by Gasteiger charge is 2.60. The van der Waals surface area contributed by atoms with Crippen molar-refractivity contribution < 1.29 is 19.5 Å². The third kappa shape index (κ3) is 1.59. The summed E-state index contributed by atoms with van der Waals surface area (Å²) in [6.07, 6.45) is 0.628. The van der Waals surface area contributed by atoms with E-state index in [0.717, 1.165) is 21.4 Å². The van der Waals surface area contributed by atoms with E-state index < -0.39 is 29.5 Å². The molecular weight excluding hydrogens is 310 g/mol. The Morgan fingerprint density at radius 1 is 1.33 bits per heavy atom. The van der Waals surface area contributed by atoms with Gasteiger partial charge in [-0.15, -0.1) is 0 Å². The number of aromatic nitrogens is 1. The Morgan fingerprint density at radius 2 is 2.04 bits per heavy atom. The number of aliphatic carboxylic acids is 1. The number of carboxylic acids is 1. The van der Waals surface area contributed by atoms with Gasteiger partial charge in [-0.05, 0) is 31.9 Å². The number of hydrogen-bond acceptors (Lipinski definition) is 3. The molecule has 24 heavy (non-hydrogen) atoms. The molecule has 3 amide bonds. The summed E-state index contributed by atoms with van der Waals surface area (Å²) in [6.45, 7) is 3.43. The van der Waals surface area contributed by atoms with Crippen LogP contribution in [0.5, 0.6) is 0 Å². The van der Waals surface area contributed by atoms with Crippen LogP contribution in [-0.2, 0) is 21.5 Å². The van der Waals surface area contributed by atoms with Gasteiger partial charge < -0.3 is 15.0 Å². The van der Waals surface area contributed by atoms with Gasteiger partial charge in [-0.3, -0.25) is 4.79 Å². The molecule has 7 nitrogen and oxygen atoms in total. The molecule has 2 aliphatic heterocycles. The summed E-state index contributed by atoms with van der Waals surface area (Å²) in [7, 11) is 0. The molecule has 1 saturated heterocycles. The Labute approximate surface area is 137 Å². The molecule has 1 aromatic carbocycles. The van der Waals surface area contributed by atoms with Crippen molar-refractivity contribution >= 4 is 28.8 Å². The third-order valence-electron chi connectivity index (χ3n) is 5.24. The zero-order valence-corrected chi connectivity index (χ0v) is 13.4. The van der Waals surface area contributed by atoms with Crippen LogP contribution in [0.25, 0.3) is 10.9 Å². The first kappa shape index (κ1) is 14.7. The lowest BCUT2D eigenvalue weighted by molar-refractivity contribution is -0.147. The number of aromatic amines is 1. The van der Waals surface area contributed by atoms with Gasteiger partial charge >= 0.3 is 12.0 Å². The van der Waals surface area contributed by atoms with Gasteiger partial charge in [0.25, 0.3) is 5.91 Å². The molecule has 0 radical (unpaired) electrons. The summed E-state index contributed by atoms with van der Waals surface area (Å²) in [5, 5.41) is 10.3. The lowest BCUT2D eigenvalue weighted by Gasteiger charge is -2.36. The van der Waals surface area contributed by atoms with Gasteiger partial charge in [-0.2, -0.15) is 0 Å². The van der Waals surface area contributed by atoms with E-state index in [9.17, 15) is 19.5 Å². The van der Waals surface area contributed by atoms with Gasteiger partial charge in [-0.25, -0.2) is 14.5 Å². The predicted molar refractivity (Wildman–Crippen MR) is 85.4 cm³/mol. The molecule has 1 aromatic heterocycles. The number of carbonyl (C=O) groups excluding carboxylic acids is 2. The monoisotopic (exact) mass is 327 g/mol. The predicted octanol–water partition coefficient (Wildman–Crippen LogP) is 1.68. The molecule has 2 aromatic rings. The summed E-state index contributed by atoms with van der Waals surface area (Å²) in [5.74, 6) is -1.69. The van der Waals surface area contributed by atoms with Crippen LogP contribution >= 0.6 is 0 Å². The minimum absolute atomic E-state index is 0.388. The normalized spacial score (nSPS) is 24.2. The van der Waals surface area contributed by atoms with E-state index in [1.807, 2.05) is 24.3 Å². The van der Waals surface area contributed by atoms with E-state index in [2.05, 4.69) is 4.98 Å². The fraction of sp³-hybridized carbons (Fsp3) is 0.353. The van der Waals surface area contributed by atoms with Crippen molar-refractivity contribution in [2.75, 3.05) is 6.54 Å². The van der Waals surface area contributed by atoms with E-state index in [4.69, 9.17) is 0 Å². The SMILES string of the molecule is C[C@H](C(=O)O)N1C(=O)N2CCc3c([nH]c4ccccc34)[C@]2(C)C1=O. The fourth-order valence-corrected chi connectivity index (χ4v) is 3.87. The molecule has 1 fully saturated rings. The molecular formula is C17H17N3O4. The molecule has 3 heterocycles. The zero-order valence-electron chi connectivity index (χ0n) is 13.4. The Kier molecular flexibility index (Phi) is 2.82. The maximum atomic E-state index is 13.0. The fourth-order valence-electron chi connectivity index (χ4n) is 3.87. The number of amides is 3. The number of carboxylic acid groups (broad SMARTS) is 1. The second kappa shape index (κ2) is 4.59. The average Bonchev–Trinajstić information content (AvgIpc) is 3.02. The lowest BCUT2D eigenvalue weighted by Crippen LogP contribution is -2.49. The number of para-hydroxylation sites is 1. The van der Waals surface area contributed by atoms with E-state index in [1.165, 1.54) is 11.8 Å². The quantitative estimate of drug-likeness (QED) is 0.821. The number of benzene rings is 1. The molecule has 0 saturated carbocycles. The minimum Gasteiger partial charge on any atom is -0.480 e. The van der Waals surface area contributed by atoms with Crippen LogP contribution in [0.3, 0.4) is 0 Å². The van der Waals surface area contributed by atoms with Crippen molar-refractivity contribution in [3.8, 4) is 0 Å². The van der Waals surface area contributed by atoms with Crippen LogP contribution < -0.4 is 0 Å². The molecule has 0 bridgehead atoms. The van der Waals surface area contributed by atoms with Crippen molar-refractivity contribution in [2.45, 2.75) is 31.8 Å². The number of nitrogens with zero attached hydrogens (tertiary/aromatic N) is 2. The van der Waals surface area contributed by atoms with Gasteiger partial charge in [0, 0.05) is 17.4 Å². The summed E-state index contributed by atoms with van der Waals surface area (Å²) in [6, 6.07) is 6.03. The molecule has 124 valence electrons. The average molecular weight is 327 g/mol. The molecule has 2 atom stereocenters. The van der Waals surface area contributed by atoms with Crippen LogP contribution in [0.4, 0.5) is 4.79 Å². The van der Waals surface area contributed by atoms with Crippen LogP contribution in [0.15, 0.2) is 24.3 Å². The minimum atomic E-state index is -1.20. The van der Waals surface area contributed by atoms with E-state index >= 15 is 0 Å². The molecule has 2 N–H and O–H groups in total. The van der Waals surface area contributed by atoms with Gasteiger partial charge in [0.1, 0.15) is 6.04 Å². The first-order valence-corrected chi connectivity index (χ1v) is 7.85. The molecule has 2 aliphatic rings. The summed E-state index contributed by atoms with van der Waals surface area (Å²) in [5.41, 5.74) is 1.44. The Morgan fingerprint density at radius 3 is 2.75 bits per heavy atom. The first-order valence-electron chi connectivity index (χ1n) is 7.85. The Balaban J connectivity index is 1.91. The van der Waals surface area contributed by atoms with E-state index in [1.54, 1.807) is 6.92 Å². The maximum Gasteiger partial charge on any atom is 0.328 e. The first-order chi connectivity index (χ1) is 11.4. The second-order valence-corrected chi connectivity index (χ2v) is 6.47. The molecule has 7 heteroatoms. The van der Waals surface area contributed by atoms with Crippen molar-refractivity contribution in [1.29, 1.82) is 0 Å². The number of rotatable bonds is 2. The van der Waals surface area contributed by atoms with E-state index in [-0.39, 0.29) is 0 Å². The van der Waals surface area contributed by atoms with Crippen molar-refractivity contribution in [1.82, 2.24) is 14.8 Å². The highest BCUT2D eigenvalue weighted by atomic mass is 16.4. The number of urea groups is 1. The number of hydrogen-bond donors (Lipinski definition) is 2. The van der Waals surface area contributed by atoms with Crippen molar-refractivity contribution in [3.63, 3.8) is 0 Å². The van der Waals surface area contributed by atoms with Crippen LogP contribution in [0.1, 0.15) is 25.1 Å². The number of fused-ring (bicyclic) bond motifs is 5. The highest BCUT2D eigenvalue weighted by Crippen LogP contribution is 2.44. The van der Waals surface area contributed by atoms with Crippen LogP contribution in [0, 0.1) is 0 Å². The van der Waals surface area contributed by atoms with Gasteiger partial charge in [-0.1, -0.05) is 18.2 Å². The van der Waals surface area contributed by atoms with Gasteiger partial charge in [0.2, 0.25) is 0 Å². The van der Waals surface area contributed by atoms with Gasteiger partial charge in [0.15, 0.2) is 5.54 Å². The van der Waals surface area contributed by atoms with E-state index in [0.29, 0.717) is 18.7 Å². The standard InChI is InChI=1S/C17H17N3O4/c1-9(14(21)22)20-15(23)17(2)13-11(7-8-19(17)16(20)24)10-5-3-4-6-12(10)18-13/h3-6,9,18H,7-8H2,1-2H3,(H,21,22)/t9-,17-/m1/s1. The maximum absolute atomic E-state index is 13.0. The summed E-state index contributed by atoms with van der Waals surface area (Å²) < 4.78 is 0. The topological polar surface area (TPSA) is 93.7 Å². The molecule has 0 aliphatic carbocycles. The number of H-pyrrole nitrogens is 1. The highest BCUT2D eigenvalue weighted by molar-refractivity contribution is 6.10.